The van der Waals surface area contributed by atoms with Crippen LogP contribution in [0.15, 0.2) is 15.9 Å². The Labute approximate surface area is 58.9 Å². The second kappa shape index (κ2) is 1.79. The number of hydrogen-bond donors (Lipinski definition) is 0. The van der Waals surface area contributed by atoms with Crippen molar-refractivity contribution >= 4 is 21.6 Å². The quantitative estimate of drug-likeness (QED) is 0.577. The van der Waals surface area contributed by atoms with Crippen molar-refractivity contribution in [3.63, 3.8) is 0 Å². The number of hydrogen-bond acceptors (Lipinski definition) is 2. The van der Waals surface area contributed by atoms with E-state index in [2.05, 4.69) is 4.42 Å². The lowest BCUT2D eigenvalue weighted by Gasteiger charge is -1.73. The third kappa shape index (κ3) is 0.593. The molecule has 2 aromatic rings. The van der Waals surface area contributed by atoms with Gasteiger partial charge in [-0.25, -0.2) is 0 Å². The average Bonchev–Trinajstić information content (AvgIpc) is 2.41. The smallest absolute Gasteiger partial charge is 0.316 e. The van der Waals surface area contributed by atoms with Crippen molar-refractivity contribution in [3.8, 4) is 0 Å². The summed E-state index contributed by atoms with van der Waals surface area (Å²) in [5.41, 5.74) is 0.278. The summed E-state index contributed by atoms with van der Waals surface area (Å²) < 4.78 is 29.4. The third-order valence-electron chi connectivity index (χ3n) is 1.20. The van der Waals surface area contributed by atoms with Gasteiger partial charge in [0, 0.05) is 0 Å². The summed E-state index contributed by atoms with van der Waals surface area (Å²) in [7, 11) is 0. The Kier molecular flexibility index (Phi) is 1.05. The van der Waals surface area contributed by atoms with Crippen LogP contribution in [-0.4, -0.2) is 0 Å². The van der Waals surface area contributed by atoms with E-state index in [9.17, 15) is 8.78 Å². The monoisotopic (exact) mass is 160 g/mol. The van der Waals surface area contributed by atoms with Gasteiger partial charge in [-0.05, 0) is 11.4 Å². The van der Waals surface area contributed by atoms with Crippen molar-refractivity contribution in [1.82, 2.24) is 0 Å². The minimum absolute atomic E-state index is 0.248. The van der Waals surface area contributed by atoms with Gasteiger partial charge in [0.1, 0.15) is 4.70 Å². The van der Waals surface area contributed by atoms with Crippen LogP contribution in [0.3, 0.4) is 0 Å². The van der Waals surface area contributed by atoms with Crippen LogP contribution in [0.5, 0.6) is 0 Å². The lowest BCUT2D eigenvalue weighted by molar-refractivity contribution is 0.343. The van der Waals surface area contributed by atoms with Crippen molar-refractivity contribution in [2.75, 3.05) is 0 Å². The van der Waals surface area contributed by atoms with Gasteiger partial charge in [-0.15, -0.1) is 11.3 Å². The molecule has 2 aromatic heterocycles. The van der Waals surface area contributed by atoms with Crippen molar-refractivity contribution in [2.24, 2.45) is 0 Å². The molecule has 0 N–H and O–H groups in total. The molecule has 10 heavy (non-hydrogen) atoms. The SMILES string of the molecule is Fc1oc2ccsc2c1F. The number of rotatable bonds is 0. The highest BCUT2D eigenvalue weighted by molar-refractivity contribution is 7.17. The molecule has 4 heteroatoms. The molecule has 0 amide bonds. The van der Waals surface area contributed by atoms with Crippen molar-refractivity contribution in [2.45, 2.75) is 0 Å². The molecular weight excluding hydrogens is 158 g/mol. The molecule has 0 saturated carbocycles. The number of furan rings is 1. The zero-order valence-electron chi connectivity index (χ0n) is 4.73. The summed E-state index contributed by atoms with van der Waals surface area (Å²) >= 11 is 1.13. The first kappa shape index (κ1) is 5.85. The van der Waals surface area contributed by atoms with Crippen LogP contribution in [0.2, 0.25) is 0 Å². The molecule has 52 valence electrons. The Morgan fingerprint density at radius 1 is 1.40 bits per heavy atom. The van der Waals surface area contributed by atoms with E-state index in [1.165, 1.54) is 6.07 Å². The molecular formula is C6H2F2OS. The predicted molar refractivity (Wildman–Crippen MR) is 34.0 cm³/mol. The molecule has 1 nitrogen and oxygen atoms in total. The van der Waals surface area contributed by atoms with Crippen LogP contribution >= 0.6 is 11.3 Å². The Bertz CT molecular complexity index is 363. The lowest BCUT2D eigenvalue weighted by atomic mass is 10.5. The van der Waals surface area contributed by atoms with Gasteiger partial charge in [0.2, 0.25) is 5.82 Å². The van der Waals surface area contributed by atoms with Crippen LogP contribution in [0, 0.1) is 11.8 Å². The summed E-state index contributed by atoms with van der Waals surface area (Å²) in [6.45, 7) is 0. The van der Waals surface area contributed by atoms with E-state index in [1.807, 2.05) is 0 Å². The number of fused-ring (bicyclic) bond motifs is 1. The van der Waals surface area contributed by atoms with Gasteiger partial charge in [0.05, 0.1) is 0 Å². The first-order chi connectivity index (χ1) is 4.79. The highest BCUT2D eigenvalue weighted by Gasteiger charge is 2.13. The standard InChI is InChI=1S/C6H2F2OS/c7-4-5-3(1-2-10-5)9-6(4)8/h1-2H. The zero-order chi connectivity index (χ0) is 7.14. The fraction of sp³-hybridized carbons (Fsp3) is 0. The molecule has 0 aromatic carbocycles. The molecule has 0 aliphatic rings. The van der Waals surface area contributed by atoms with Gasteiger partial charge in [-0.3, -0.25) is 0 Å². The lowest BCUT2D eigenvalue weighted by Crippen LogP contribution is -1.68. The number of halogens is 2. The summed E-state index contributed by atoms with van der Waals surface area (Å²) in [5, 5.41) is 1.65. The van der Waals surface area contributed by atoms with Crippen LogP contribution < -0.4 is 0 Å². The second-order valence-corrected chi connectivity index (χ2v) is 2.72. The van der Waals surface area contributed by atoms with Gasteiger partial charge in [-0.1, -0.05) is 0 Å². The summed E-state index contributed by atoms with van der Waals surface area (Å²) in [5.74, 6) is -0.884. The van der Waals surface area contributed by atoms with Crippen LogP contribution in [-0.2, 0) is 0 Å². The Morgan fingerprint density at radius 3 is 2.90 bits per heavy atom. The molecule has 0 saturated heterocycles. The maximum absolute atomic E-state index is 12.5. The third-order valence-corrected chi connectivity index (χ3v) is 2.09. The molecule has 0 spiro atoms. The van der Waals surface area contributed by atoms with Gasteiger partial charge in [0.25, 0.3) is 0 Å². The van der Waals surface area contributed by atoms with Gasteiger partial charge < -0.3 is 4.42 Å². The minimum atomic E-state index is -1.12. The fourth-order valence-corrected chi connectivity index (χ4v) is 1.51. The van der Waals surface area contributed by atoms with Crippen molar-refractivity contribution in [3.05, 3.63) is 23.3 Å². The fourth-order valence-electron chi connectivity index (χ4n) is 0.768. The topological polar surface area (TPSA) is 13.1 Å². The van der Waals surface area contributed by atoms with Crippen LogP contribution in [0.1, 0.15) is 0 Å². The van der Waals surface area contributed by atoms with Gasteiger partial charge in [-0.2, -0.15) is 8.78 Å². The number of thiophene rings is 1. The molecule has 0 aliphatic heterocycles. The molecule has 0 fully saturated rings. The zero-order valence-corrected chi connectivity index (χ0v) is 5.54. The maximum Gasteiger partial charge on any atom is 0.316 e. The van der Waals surface area contributed by atoms with E-state index in [0.29, 0.717) is 0 Å². The van der Waals surface area contributed by atoms with E-state index in [-0.39, 0.29) is 10.3 Å². The predicted octanol–water partition coefficient (Wildman–Crippen LogP) is 2.77. The van der Waals surface area contributed by atoms with E-state index in [1.54, 1.807) is 5.38 Å². The second-order valence-electron chi connectivity index (χ2n) is 1.80. The van der Waals surface area contributed by atoms with Crippen molar-refractivity contribution in [1.29, 1.82) is 0 Å². The molecule has 2 heterocycles. The molecule has 0 bridgehead atoms. The Balaban J connectivity index is 2.95. The summed E-state index contributed by atoms with van der Waals surface area (Å²) in [4.78, 5) is 0. The van der Waals surface area contributed by atoms with E-state index < -0.39 is 11.8 Å². The maximum atomic E-state index is 12.5. The van der Waals surface area contributed by atoms with Crippen molar-refractivity contribution < 1.29 is 13.2 Å². The summed E-state index contributed by atoms with van der Waals surface area (Å²) in [6, 6.07) is 0.411. The minimum Gasteiger partial charge on any atom is -0.428 e. The van der Waals surface area contributed by atoms with E-state index in [0.717, 1.165) is 11.3 Å². The normalized spacial score (nSPS) is 11.0. The average molecular weight is 160 g/mol. The Morgan fingerprint density at radius 2 is 2.20 bits per heavy atom. The van der Waals surface area contributed by atoms with Gasteiger partial charge >= 0.3 is 6.01 Å². The van der Waals surface area contributed by atoms with Crippen LogP contribution in [0.4, 0.5) is 8.78 Å². The highest BCUT2D eigenvalue weighted by atomic mass is 32.1. The van der Waals surface area contributed by atoms with E-state index in [4.69, 9.17) is 0 Å². The largest absolute Gasteiger partial charge is 0.428 e. The van der Waals surface area contributed by atoms with Crippen LogP contribution in [0.25, 0.3) is 10.3 Å². The first-order valence-corrected chi connectivity index (χ1v) is 3.48. The molecule has 0 atom stereocenters. The summed E-state index contributed by atoms with van der Waals surface area (Å²) in [6.07, 6.45) is 0. The molecule has 2 rings (SSSR count). The Hall–Kier alpha value is -0.900. The van der Waals surface area contributed by atoms with Gasteiger partial charge in [0.15, 0.2) is 5.58 Å². The molecule has 0 radical (unpaired) electrons. The molecule has 0 unspecified atom stereocenters. The highest BCUT2D eigenvalue weighted by Crippen LogP contribution is 2.27. The molecule has 0 aliphatic carbocycles. The first-order valence-electron chi connectivity index (χ1n) is 2.60. The van der Waals surface area contributed by atoms with E-state index >= 15 is 0 Å².